The second-order valence-electron chi connectivity index (χ2n) is 6.77. The molecule has 1 aromatic carbocycles. The molecule has 1 amide bonds. The first-order valence-electron chi connectivity index (χ1n) is 8.93. The summed E-state index contributed by atoms with van der Waals surface area (Å²) < 4.78 is 2.24. The molecular weight excluding hydrogens is 316 g/mol. The van der Waals surface area contributed by atoms with Gasteiger partial charge in [0.15, 0.2) is 0 Å². The van der Waals surface area contributed by atoms with Gasteiger partial charge >= 0.3 is 0 Å². The SMILES string of the molecule is CCC1c2cccn2CCN1C(=O)C1CC(c2ccccc2O)NN1. The van der Waals surface area contributed by atoms with E-state index in [0.717, 1.165) is 25.1 Å². The molecule has 3 heterocycles. The van der Waals surface area contributed by atoms with E-state index in [4.69, 9.17) is 0 Å². The van der Waals surface area contributed by atoms with Gasteiger partial charge in [-0.2, -0.15) is 0 Å². The van der Waals surface area contributed by atoms with Crippen LogP contribution in [0, 0.1) is 0 Å². The first-order chi connectivity index (χ1) is 12.2. The smallest absolute Gasteiger partial charge is 0.241 e. The quantitative estimate of drug-likeness (QED) is 0.800. The molecule has 0 spiro atoms. The van der Waals surface area contributed by atoms with Gasteiger partial charge in [-0.1, -0.05) is 25.1 Å². The van der Waals surface area contributed by atoms with Crippen molar-refractivity contribution in [1.82, 2.24) is 20.3 Å². The van der Waals surface area contributed by atoms with Gasteiger partial charge in [-0.3, -0.25) is 4.79 Å². The summed E-state index contributed by atoms with van der Waals surface area (Å²) in [6.45, 7) is 3.70. The topological polar surface area (TPSA) is 69.5 Å². The van der Waals surface area contributed by atoms with Crippen LogP contribution in [0.15, 0.2) is 42.6 Å². The minimum atomic E-state index is -0.278. The second-order valence-corrected chi connectivity index (χ2v) is 6.77. The molecule has 2 aliphatic rings. The third kappa shape index (κ3) is 2.81. The number of hydrazine groups is 1. The van der Waals surface area contributed by atoms with Crippen LogP contribution >= 0.6 is 0 Å². The molecule has 4 rings (SSSR count). The van der Waals surface area contributed by atoms with Crippen molar-refractivity contribution in [1.29, 1.82) is 0 Å². The number of carbonyl (C=O) groups is 1. The molecule has 1 aromatic heterocycles. The molecule has 0 saturated carbocycles. The standard InChI is InChI=1S/C19H24N4O2/c1-2-16-17-7-5-9-22(17)10-11-23(16)19(25)15-12-14(20-21-15)13-6-3-4-8-18(13)24/h3-9,14-16,20-21,24H,2,10-12H2,1H3. The molecular formula is C19H24N4O2. The fraction of sp³-hybridized carbons (Fsp3) is 0.421. The Morgan fingerprint density at radius 2 is 2.04 bits per heavy atom. The van der Waals surface area contributed by atoms with Crippen LogP contribution in [0.5, 0.6) is 5.75 Å². The van der Waals surface area contributed by atoms with Gasteiger partial charge in [-0.15, -0.1) is 0 Å². The zero-order chi connectivity index (χ0) is 17.4. The molecule has 1 saturated heterocycles. The van der Waals surface area contributed by atoms with Crippen molar-refractivity contribution in [3.63, 3.8) is 0 Å². The van der Waals surface area contributed by atoms with E-state index in [0.29, 0.717) is 6.42 Å². The minimum Gasteiger partial charge on any atom is -0.508 e. The van der Waals surface area contributed by atoms with Gasteiger partial charge in [0, 0.05) is 30.5 Å². The van der Waals surface area contributed by atoms with Crippen molar-refractivity contribution in [2.75, 3.05) is 6.54 Å². The number of hydrogen-bond donors (Lipinski definition) is 3. The zero-order valence-corrected chi connectivity index (χ0v) is 14.4. The summed E-state index contributed by atoms with van der Waals surface area (Å²) >= 11 is 0. The number of nitrogens with one attached hydrogen (secondary N) is 2. The lowest BCUT2D eigenvalue weighted by Gasteiger charge is -2.37. The summed E-state index contributed by atoms with van der Waals surface area (Å²) in [6.07, 6.45) is 3.62. The van der Waals surface area contributed by atoms with Gasteiger partial charge in [0.2, 0.25) is 5.91 Å². The number of rotatable bonds is 3. The van der Waals surface area contributed by atoms with Crippen LogP contribution in [0.4, 0.5) is 0 Å². The van der Waals surface area contributed by atoms with Crippen LogP contribution in [-0.4, -0.2) is 33.1 Å². The van der Waals surface area contributed by atoms with E-state index in [1.807, 2.05) is 17.0 Å². The molecule has 3 atom stereocenters. The van der Waals surface area contributed by atoms with Crippen LogP contribution < -0.4 is 10.9 Å². The highest BCUT2D eigenvalue weighted by Crippen LogP contribution is 2.33. The number of amides is 1. The number of nitrogens with zero attached hydrogens (tertiary/aromatic N) is 2. The van der Waals surface area contributed by atoms with Crippen LogP contribution in [0.25, 0.3) is 0 Å². The third-order valence-corrected chi connectivity index (χ3v) is 5.35. The number of phenolic OH excluding ortho intramolecular Hbond substituents is 1. The molecule has 132 valence electrons. The predicted molar refractivity (Wildman–Crippen MR) is 94.7 cm³/mol. The van der Waals surface area contributed by atoms with Gasteiger partial charge in [-0.25, -0.2) is 10.9 Å². The highest BCUT2D eigenvalue weighted by atomic mass is 16.3. The maximum absolute atomic E-state index is 13.1. The van der Waals surface area contributed by atoms with E-state index in [9.17, 15) is 9.90 Å². The Morgan fingerprint density at radius 1 is 1.20 bits per heavy atom. The number of para-hydroxylation sites is 1. The Labute approximate surface area is 147 Å². The summed E-state index contributed by atoms with van der Waals surface area (Å²) in [5, 5.41) is 10.0. The van der Waals surface area contributed by atoms with E-state index >= 15 is 0 Å². The summed E-state index contributed by atoms with van der Waals surface area (Å²) in [5.41, 5.74) is 8.34. The number of fused-ring (bicyclic) bond motifs is 1. The van der Waals surface area contributed by atoms with Gasteiger partial charge in [0.1, 0.15) is 11.8 Å². The van der Waals surface area contributed by atoms with Crippen molar-refractivity contribution in [2.45, 2.75) is 44.4 Å². The Balaban J connectivity index is 1.50. The second kappa shape index (κ2) is 6.54. The van der Waals surface area contributed by atoms with Gasteiger partial charge in [0.25, 0.3) is 0 Å². The third-order valence-electron chi connectivity index (χ3n) is 5.35. The van der Waals surface area contributed by atoms with Crippen molar-refractivity contribution in [3.05, 3.63) is 53.9 Å². The number of benzene rings is 1. The number of carbonyl (C=O) groups excluding carboxylic acids is 1. The normalized spacial score (nSPS) is 25.8. The van der Waals surface area contributed by atoms with Crippen LogP contribution in [0.2, 0.25) is 0 Å². The summed E-state index contributed by atoms with van der Waals surface area (Å²) in [7, 11) is 0. The van der Waals surface area contributed by atoms with Crippen molar-refractivity contribution >= 4 is 5.91 Å². The molecule has 0 radical (unpaired) electrons. The molecule has 0 bridgehead atoms. The fourth-order valence-corrected chi connectivity index (χ4v) is 4.06. The van der Waals surface area contributed by atoms with E-state index in [1.54, 1.807) is 12.1 Å². The van der Waals surface area contributed by atoms with Crippen molar-refractivity contribution in [2.24, 2.45) is 0 Å². The Hall–Kier alpha value is -2.31. The largest absolute Gasteiger partial charge is 0.508 e. The molecule has 3 unspecified atom stereocenters. The first kappa shape index (κ1) is 16.2. The average molecular weight is 340 g/mol. The molecule has 25 heavy (non-hydrogen) atoms. The van der Waals surface area contributed by atoms with E-state index < -0.39 is 0 Å². The maximum atomic E-state index is 13.1. The zero-order valence-electron chi connectivity index (χ0n) is 14.4. The molecule has 6 heteroatoms. The molecule has 2 aromatic rings. The molecule has 6 nitrogen and oxygen atoms in total. The lowest BCUT2D eigenvalue weighted by molar-refractivity contribution is -0.137. The van der Waals surface area contributed by atoms with Crippen LogP contribution in [-0.2, 0) is 11.3 Å². The monoisotopic (exact) mass is 340 g/mol. The Bertz CT molecular complexity index is 772. The number of aromatic nitrogens is 1. The molecule has 1 fully saturated rings. The van der Waals surface area contributed by atoms with Crippen LogP contribution in [0.3, 0.4) is 0 Å². The van der Waals surface area contributed by atoms with E-state index in [2.05, 4.69) is 40.7 Å². The number of aromatic hydroxyl groups is 1. The molecule has 3 N–H and O–H groups in total. The van der Waals surface area contributed by atoms with Gasteiger partial charge in [-0.05, 0) is 31.0 Å². The fourth-order valence-electron chi connectivity index (χ4n) is 4.06. The van der Waals surface area contributed by atoms with Crippen molar-refractivity contribution in [3.8, 4) is 5.75 Å². The molecule has 2 aliphatic heterocycles. The van der Waals surface area contributed by atoms with Gasteiger partial charge in [0.05, 0.1) is 12.1 Å². The minimum absolute atomic E-state index is 0.0659. The first-order valence-corrected chi connectivity index (χ1v) is 8.93. The predicted octanol–water partition coefficient (Wildman–Crippen LogP) is 2.09. The summed E-state index contributed by atoms with van der Waals surface area (Å²) in [6, 6.07) is 11.2. The lowest BCUT2D eigenvalue weighted by Crippen LogP contribution is -2.50. The Morgan fingerprint density at radius 3 is 2.84 bits per heavy atom. The summed E-state index contributed by atoms with van der Waals surface area (Å²) in [5.74, 6) is 0.391. The lowest BCUT2D eigenvalue weighted by atomic mass is 9.99. The van der Waals surface area contributed by atoms with Gasteiger partial charge < -0.3 is 14.6 Å². The molecule has 0 aliphatic carbocycles. The highest BCUT2D eigenvalue weighted by molar-refractivity contribution is 5.83. The van der Waals surface area contributed by atoms with E-state index in [1.165, 1.54) is 5.69 Å². The van der Waals surface area contributed by atoms with E-state index in [-0.39, 0.29) is 29.8 Å². The van der Waals surface area contributed by atoms with Crippen LogP contribution in [0.1, 0.15) is 43.1 Å². The number of phenols is 1. The average Bonchev–Trinajstić information content (AvgIpc) is 3.30. The highest BCUT2D eigenvalue weighted by Gasteiger charge is 2.37. The maximum Gasteiger partial charge on any atom is 0.241 e. The Kier molecular flexibility index (Phi) is 4.23. The number of hydrogen-bond acceptors (Lipinski definition) is 4. The van der Waals surface area contributed by atoms with Crippen molar-refractivity contribution < 1.29 is 9.90 Å². The summed E-state index contributed by atoms with van der Waals surface area (Å²) in [4.78, 5) is 15.1.